The second kappa shape index (κ2) is 5.06. The van der Waals surface area contributed by atoms with Crippen LogP contribution in [0.5, 0.6) is 0 Å². The maximum absolute atomic E-state index is 12.2. The van der Waals surface area contributed by atoms with Gasteiger partial charge in [-0.25, -0.2) is 9.59 Å². The summed E-state index contributed by atoms with van der Waals surface area (Å²) in [6.07, 6.45) is 1.35. The van der Waals surface area contributed by atoms with Gasteiger partial charge in [0.1, 0.15) is 5.60 Å². The van der Waals surface area contributed by atoms with Crippen molar-refractivity contribution < 1.29 is 19.4 Å². The summed E-state index contributed by atoms with van der Waals surface area (Å²) in [6.45, 7) is 5.50. The van der Waals surface area contributed by atoms with Crippen LogP contribution in [0.2, 0.25) is 0 Å². The molecule has 1 aromatic rings. The molecule has 5 nitrogen and oxygen atoms in total. The Bertz CT molecular complexity index is 553. The highest BCUT2D eigenvalue weighted by molar-refractivity contribution is 5.87. The van der Waals surface area contributed by atoms with Crippen LogP contribution in [0, 0.1) is 0 Å². The number of benzene rings is 1. The zero-order chi connectivity index (χ0) is 15.8. The Balaban J connectivity index is 2.18. The average Bonchev–Trinajstić information content (AvgIpc) is 3.17. The fourth-order valence-corrected chi connectivity index (χ4v) is 2.36. The van der Waals surface area contributed by atoms with Crippen molar-refractivity contribution in [2.75, 3.05) is 7.05 Å². The lowest BCUT2D eigenvalue weighted by atomic mass is 10.0. The van der Waals surface area contributed by atoms with Crippen LogP contribution in [0.25, 0.3) is 0 Å². The molecule has 0 atom stereocenters. The molecule has 114 valence electrons. The molecule has 0 aliphatic heterocycles. The summed E-state index contributed by atoms with van der Waals surface area (Å²) in [4.78, 5) is 24.7. The van der Waals surface area contributed by atoms with Gasteiger partial charge in [-0.2, -0.15) is 0 Å². The van der Waals surface area contributed by atoms with Crippen LogP contribution >= 0.6 is 0 Å². The second-order valence-electron chi connectivity index (χ2n) is 6.45. The average molecular weight is 291 g/mol. The molecule has 2 rings (SSSR count). The number of hydrogen-bond donors (Lipinski definition) is 1. The number of carboxylic acids is 1. The van der Waals surface area contributed by atoms with Gasteiger partial charge in [-0.15, -0.1) is 0 Å². The summed E-state index contributed by atoms with van der Waals surface area (Å²) in [5.74, 6) is -0.952. The fourth-order valence-electron chi connectivity index (χ4n) is 2.36. The van der Waals surface area contributed by atoms with E-state index < -0.39 is 11.6 Å². The van der Waals surface area contributed by atoms with Gasteiger partial charge in [0.2, 0.25) is 0 Å². The minimum absolute atomic E-state index is 0.245. The third-order valence-electron chi connectivity index (χ3n) is 3.70. The zero-order valence-electron chi connectivity index (χ0n) is 12.8. The van der Waals surface area contributed by atoms with Crippen LogP contribution in [0.1, 0.15) is 49.5 Å². The predicted molar refractivity (Wildman–Crippen MR) is 78.3 cm³/mol. The van der Waals surface area contributed by atoms with E-state index in [2.05, 4.69) is 0 Å². The van der Waals surface area contributed by atoms with Crippen LogP contribution < -0.4 is 0 Å². The SMILES string of the molecule is CN(C(=O)OC(C)(C)C)C1(c2ccc(C(=O)O)cc2)CC1. The molecule has 1 amide bonds. The number of amides is 1. The second-order valence-corrected chi connectivity index (χ2v) is 6.45. The van der Waals surface area contributed by atoms with Gasteiger partial charge in [-0.1, -0.05) is 12.1 Å². The molecule has 0 unspecified atom stereocenters. The summed E-state index contributed by atoms with van der Waals surface area (Å²) in [5, 5.41) is 8.93. The Kier molecular flexibility index (Phi) is 3.70. The lowest BCUT2D eigenvalue weighted by molar-refractivity contribution is 0.0189. The molecule has 1 N–H and O–H groups in total. The molecule has 0 saturated heterocycles. The highest BCUT2D eigenvalue weighted by Crippen LogP contribution is 2.50. The Morgan fingerprint density at radius 3 is 2.10 bits per heavy atom. The van der Waals surface area contributed by atoms with Crippen LogP contribution in [0.3, 0.4) is 0 Å². The normalized spacial score (nSPS) is 16.2. The lowest BCUT2D eigenvalue weighted by Gasteiger charge is -2.31. The molecular weight excluding hydrogens is 270 g/mol. The molecule has 1 aromatic carbocycles. The van der Waals surface area contributed by atoms with Crippen LogP contribution in [0.4, 0.5) is 4.79 Å². The van der Waals surface area contributed by atoms with Gasteiger partial charge < -0.3 is 14.7 Å². The highest BCUT2D eigenvalue weighted by Gasteiger charge is 2.51. The summed E-state index contributed by atoms with van der Waals surface area (Å²) >= 11 is 0. The minimum Gasteiger partial charge on any atom is -0.478 e. The molecule has 1 aliphatic rings. The Morgan fingerprint density at radius 1 is 1.19 bits per heavy atom. The largest absolute Gasteiger partial charge is 0.478 e. The first kappa shape index (κ1) is 15.4. The summed E-state index contributed by atoms with van der Waals surface area (Å²) < 4.78 is 5.40. The van der Waals surface area contributed by atoms with Crippen LogP contribution in [0.15, 0.2) is 24.3 Å². The number of ether oxygens (including phenoxy) is 1. The first-order valence-corrected chi connectivity index (χ1v) is 6.96. The number of aromatic carboxylic acids is 1. The number of hydrogen-bond acceptors (Lipinski definition) is 3. The van der Waals surface area contributed by atoms with Gasteiger partial charge in [0.25, 0.3) is 0 Å². The number of rotatable bonds is 3. The first-order valence-electron chi connectivity index (χ1n) is 6.96. The van der Waals surface area contributed by atoms with E-state index in [1.165, 1.54) is 0 Å². The fraction of sp³-hybridized carbons (Fsp3) is 0.500. The molecule has 0 heterocycles. The number of carbonyl (C=O) groups excluding carboxylic acids is 1. The zero-order valence-corrected chi connectivity index (χ0v) is 12.8. The van der Waals surface area contributed by atoms with E-state index in [0.717, 1.165) is 18.4 Å². The van der Waals surface area contributed by atoms with Gasteiger partial charge in [-0.05, 0) is 51.3 Å². The van der Waals surface area contributed by atoms with Crippen molar-refractivity contribution >= 4 is 12.1 Å². The smallest absolute Gasteiger partial charge is 0.410 e. The molecule has 1 fully saturated rings. The molecule has 1 saturated carbocycles. The van der Waals surface area contributed by atoms with Crippen LogP contribution in [-0.2, 0) is 10.3 Å². The van der Waals surface area contributed by atoms with Crippen molar-refractivity contribution in [3.63, 3.8) is 0 Å². The van der Waals surface area contributed by atoms with Crippen molar-refractivity contribution in [1.29, 1.82) is 0 Å². The lowest BCUT2D eigenvalue weighted by Crippen LogP contribution is -2.40. The first-order chi connectivity index (χ1) is 9.66. The van der Waals surface area contributed by atoms with Crippen molar-refractivity contribution in [2.24, 2.45) is 0 Å². The van der Waals surface area contributed by atoms with E-state index in [1.54, 1.807) is 36.2 Å². The Morgan fingerprint density at radius 2 is 1.71 bits per heavy atom. The summed E-state index contributed by atoms with van der Waals surface area (Å²) in [7, 11) is 1.73. The van der Waals surface area contributed by atoms with Gasteiger partial charge in [0, 0.05) is 7.05 Å². The monoisotopic (exact) mass is 291 g/mol. The number of carbonyl (C=O) groups is 2. The van der Waals surface area contributed by atoms with E-state index in [1.807, 2.05) is 20.8 Å². The molecule has 0 radical (unpaired) electrons. The van der Waals surface area contributed by atoms with E-state index in [9.17, 15) is 9.59 Å². The number of nitrogens with zero attached hydrogens (tertiary/aromatic N) is 1. The predicted octanol–water partition coefficient (Wildman–Crippen LogP) is 3.24. The maximum atomic E-state index is 12.2. The van der Waals surface area contributed by atoms with Gasteiger partial charge in [0.15, 0.2) is 0 Å². The van der Waals surface area contributed by atoms with Crippen molar-refractivity contribution in [3.05, 3.63) is 35.4 Å². The minimum atomic E-state index is -0.952. The van der Waals surface area contributed by atoms with Gasteiger partial charge in [0.05, 0.1) is 11.1 Å². The number of carboxylic acid groups (broad SMARTS) is 1. The van der Waals surface area contributed by atoms with E-state index >= 15 is 0 Å². The summed E-state index contributed by atoms with van der Waals surface area (Å²) in [6, 6.07) is 6.69. The molecular formula is C16H21NO4. The topological polar surface area (TPSA) is 66.8 Å². The Hall–Kier alpha value is -2.04. The third kappa shape index (κ3) is 3.17. The van der Waals surface area contributed by atoms with E-state index in [-0.39, 0.29) is 17.2 Å². The Labute approximate surface area is 124 Å². The van der Waals surface area contributed by atoms with Crippen molar-refractivity contribution in [3.8, 4) is 0 Å². The molecule has 0 aromatic heterocycles. The molecule has 21 heavy (non-hydrogen) atoms. The molecule has 0 bridgehead atoms. The molecule has 0 spiro atoms. The van der Waals surface area contributed by atoms with Crippen molar-refractivity contribution in [1.82, 2.24) is 4.90 Å². The van der Waals surface area contributed by atoms with Gasteiger partial charge in [-0.3, -0.25) is 0 Å². The molecule has 1 aliphatic carbocycles. The van der Waals surface area contributed by atoms with Gasteiger partial charge >= 0.3 is 12.1 Å². The quantitative estimate of drug-likeness (QED) is 0.928. The maximum Gasteiger partial charge on any atom is 0.410 e. The standard InChI is InChI=1S/C16H21NO4/c1-15(2,3)21-14(20)17(4)16(9-10-16)12-7-5-11(6-8-12)13(18)19/h5-8H,9-10H2,1-4H3,(H,18,19). The van der Waals surface area contributed by atoms with E-state index in [4.69, 9.17) is 9.84 Å². The van der Waals surface area contributed by atoms with E-state index in [0.29, 0.717) is 0 Å². The molecule has 5 heteroatoms. The van der Waals surface area contributed by atoms with Crippen LogP contribution in [-0.4, -0.2) is 34.7 Å². The highest BCUT2D eigenvalue weighted by atomic mass is 16.6. The van der Waals surface area contributed by atoms with Crippen molar-refractivity contribution in [2.45, 2.75) is 44.8 Å². The third-order valence-corrected chi connectivity index (χ3v) is 3.70. The summed E-state index contributed by atoms with van der Waals surface area (Å²) in [5.41, 5.74) is 0.295.